The highest BCUT2D eigenvalue weighted by Crippen LogP contribution is 2.24. The first-order valence-corrected chi connectivity index (χ1v) is 8.68. The fourth-order valence-corrected chi connectivity index (χ4v) is 2.02. The van der Waals surface area contributed by atoms with Crippen LogP contribution in [-0.4, -0.2) is 26.4 Å². The molecule has 0 aliphatic rings. The molecule has 0 N–H and O–H groups in total. The van der Waals surface area contributed by atoms with Gasteiger partial charge in [0.05, 0.1) is 18.4 Å². The van der Waals surface area contributed by atoms with Crippen molar-refractivity contribution in [2.75, 3.05) is 20.4 Å². The number of methoxy groups -OCH3 is 1. The second-order valence-electron chi connectivity index (χ2n) is 5.64. The first kappa shape index (κ1) is 22.6. The van der Waals surface area contributed by atoms with Crippen molar-refractivity contribution >= 4 is 5.97 Å². The fourth-order valence-electron chi connectivity index (χ4n) is 2.02. The smallest absolute Gasteiger partial charge is 0.341 e. The molecule has 0 spiro atoms. The predicted octanol–water partition coefficient (Wildman–Crippen LogP) is 4.72. The first-order valence-electron chi connectivity index (χ1n) is 8.68. The van der Waals surface area contributed by atoms with E-state index in [4.69, 9.17) is 23.7 Å². The van der Waals surface area contributed by atoms with Crippen LogP contribution in [0.4, 0.5) is 8.78 Å². The lowest BCUT2D eigenvalue weighted by atomic mass is 10.3. The molecule has 0 saturated heterocycles. The van der Waals surface area contributed by atoms with Crippen molar-refractivity contribution in [1.82, 2.24) is 0 Å². The summed E-state index contributed by atoms with van der Waals surface area (Å²) in [5.41, 5.74) is 0.106. The molecule has 6 nitrogen and oxygen atoms in total. The van der Waals surface area contributed by atoms with Crippen molar-refractivity contribution in [3.63, 3.8) is 0 Å². The van der Waals surface area contributed by atoms with E-state index in [9.17, 15) is 13.6 Å². The zero-order chi connectivity index (χ0) is 21.8. The number of halogens is 2. The molecule has 0 aliphatic heterocycles. The summed E-state index contributed by atoms with van der Waals surface area (Å²) in [5.74, 6) is -0.533. The molecule has 0 aliphatic carbocycles. The summed E-state index contributed by atoms with van der Waals surface area (Å²) in [6.45, 7) is 2.92. The maximum atomic E-state index is 14.1. The van der Waals surface area contributed by atoms with Crippen LogP contribution in [0.1, 0.15) is 0 Å². The highest BCUT2D eigenvalue weighted by atomic mass is 19.1. The summed E-state index contributed by atoms with van der Waals surface area (Å²) in [6.07, 6.45) is 4.86. The van der Waals surface area contributed by atoms with Gasteiger partial charge in [-0.1, -0.05) is 6.58 Å². The molecule has 8 heteroatoms. The van der Waals surface area contributed by atoms with E-state index in [1.807, 2.05) is 0 Å². The van der Waals surface area contributed by atoms with Gasteiger partial charge in [0.1, 0.15) is 36.4 Å². The number of rotatable bonds is 11. The minimum Gasteiger partial charge on any atom is -0.465 e. The number of ether oxygens (including phenoxy) is 5. The Hall–Kier alpha value is -3.65. The van der Waals surface area contributed by atoms with Gasteiger partial charge in [0.25, 0.3) is 0 Å². The minimum absolute atomic E-state index is 0.00556. The Balaban J connectivity index is 1.85. The van der Waals surface area contributed by atoms with E-state index < -0.39 is 18.5 Å². The quantitative estimate of drug-likeness (QED) is 0.228. The molecular weight excluding hydrogens is 398 g/mol. The van der Waals surface area contributed by atoms with Crippen molar-refractivity contribution in [1.29, 1.82) is 0 Å². The topological polar surface area (TPSA) is 63.2 Å². The Morgan fingerprint density at radius 2 is 1.57 bits per heavy atom. The molecule has 0 amide bonds. The van der Waals surface area contributed by atoms with Crippen LogP contribution in [0.3, 0.4) is 0 Å². The van der Waals surface area contributed by atoms with Crippen LogP contribution in [0.2, 0.25) is 0 Å². The normalized spacial score (nSPS) is 10.9. The summed E-state index contributed by atoms with van der Waals surface area (Å²) >= 11 is 0. The average Bonchev–Trinajstić information content (AvgIpc) is 2.74. The average molecular weight is 418 g/mol. The van der Waals surface area contributed by atoms with Gasteiger partial charge in [-0.2, -0.15) is 0 Å². The number of allylic oxidation sites excluding steroid dienone is 1. The molecule has 0 aromatic heterocycles. The zero-order valence-electron chi connectivity index (χ0n) is 16.2. The van der Waals surface area contributed by atoms with Gasteiger partial charge in [-0.3, -0.25) is 0 Å². The molecular formula is C22H20F2O6. The van der Waals surface area contributed by atoms with Crippen LogP contribution < -0.4 is 18.9 Å². The number of carbonyl (C=O) groups is 1. The van der Waals surface area contributed by atoms with Crippen LogP contribution in [0.25, 0.3) is 0 Å². The van der Waals surface area contributed by atoms with Crippen LogP contribution in [0.15, 0.2) is 79.5 Å². The van der Waals surface area contributed by atoms with Crippen LogP contribution in [0, 0.1) is 5.82 Å². The molecule has 2 rings (SSSR count). The van der Waals surface area contributed by atoms with E-state index in [1.54, 1.807) is 24.3 Å². The largest absolute Gasteiger partial charge is 0.465 e. The second kappa shape index (κ2) is 12.0. The number of esters is 1. The molecule has 0 heterocycles. The summed E-state index contributed by atoms with van der Waals surface area (Å²) in [6, 6.07) is 10.2. The van der Waals surface area contributed by atoms with Crippen molar-refractivity contribution in [2.45, 2.75) is 0 Å². The van der Waals surface area contributed by atoms with E-state index >= 15 is 0 Å². The molecule has 0 fully saturated rings. The lowest BCUT2D eigenvalue weighted by Crippen LogP contribution is -2.14. The molecule has 2 aromatic rings. The van der Waals surface area contributed by atoms with E-state index in [2.05, 4.69) is 6.58 Å². The van der Waals surface area contributed by atoms with Crippen molar-refractivity contribution in [2.24, 2.45) is 0 Å². The van der Waals surface area contributed by atoms with E-state index in [0.717, 1.165) is 12.3 Å². The molecule has 0 atom stereocenters. The standard InChI is InChI=1S/C22H20F2O6/c1-16(15-26-2)22(25)30-19-8-9-21(20(24)14-19)29-13-12-28-18-6-4-17(5-7-18)27-11-3-10-23/h3-9,11-14H,1,10,15H2,2H3/b11-3-,13-12-. The van der Waals surface area contributed by atoms with Gasteiger partial charge >= 0.3 is 5.97 Å². The second-order valence-corrected chi connectivity index (χ2v) is 5.64. The van der Waals surface area contributed by atoms with Gasteiger partial charge in [-0.05, 0) is 42.5 Å². The Kier molecular flexibility index (Phi) is 9.08. The molecule has 0 unspecified atom stereocenters. The van der Waals surface area contributed by atoms with Gasteiger partial charge in [0.15, 0.2) is 11.6 Å². The van der Waals surface area contributed by atoms with Gasteiger partial charge in [0.2, 0.25) is 0 Å². The minimum atomic E-state index is -0.731. The van der Waals surface area contributed by atoms with Gasteiger partial charge < -0.3 is 23.7 Å². The summed E-state index contributed by atoms with van der Waals surface area (Å²) in [5, 5.41) is 0. The van der Waals surface area contributed by atoms with Gasteiger partial charge in [-0.15, -0.1) is 0 Å². The highest BCUT2D eigenvalue weighted by Gasteiger charge is 2.12. The third kappa shape index (κ3) is 7.40. The number of alkyl halides is 1. The molecule has 158 valence electrons. The van der Waals surface area contributed by atoms with Crippen molar-refractivity contribution < 1.29 is 37.3 Å². The Bertz CT molecular complexity index is 906. The first-order chi connectivity index (χ1) is 14.5. The summed E-state index contributed by atoms with van der Waals surface area (Å²) in [7, 11) is 1.42. The third-order valence-corrected chi connectivity index (χ3v) is 3.39. The monoisotopic (exact) mass is 418 g/mol. The van der Waals surface area contributed by atoms with E-state index in [1.165, 1.54) is 37.8 Å². The summed E-state index contributed by atoms with van der Waals surface area (Å²) in [4.78, 5) is 11.7. The number of benzene rings is 2. The Morgan fingerprint density at radius 1 is 0.967 bits per heavy atom. The maximum absolute atomic E-state index is 14.1. The van der Waals surface area contributed by atoms with Gasteiger partial charge in [-0.25, -0.2) is 13.6 Å². The lowest BCUT2D eigenvalue weighted by Gasteiger charge is -2.08. The SMILES string of the molecule is C=C(COC)C(=O)Oc1ccc(O/C=C\Oc2ccc(O/C=C\CF)cc2)c(F)c1. The molecule has 0 bridgehead atoms. The molecule has 30 heavy (non-hydrogen) atoms. The third-order valence-electron chi connectivity index (χ3n) is 3.39. The Labute approximate surface area is 172 Å². The predicted molar refractivity (Wildman–Crippen MR) is 106 cm³/mol. The highest BCUT2D eigenvalue weighted by molar-refractivity contribution is 5.89. The lowest BCUT2D eigenvalue weighted by molar-refractivity contribution is -0.130. The summed E-state index contributed by atoms with van der Waals surface area (Å²) < 4.78 is 51.5. The van der Waals surface area contributed by atoms with Gasteiger partial charge in [0, 0.05) is 13.2 Å². The number of carbonyl (C=O) groups excluding carboxylic acids is 1. The maximum Gasteiger partial charge on any atom is 0.341 e. The van der Waals surface area contributed by atoms with Crippen LogP contribution >= 0.6 is 0 Å². The number of hydrogen-bond donors (Lipinski definition) is 0. The molecule has 2 aromatic carbocycles. The van der Waals surface area contributed by atoms with Crippen molar-refractivity contribution in [3.05, 3.63) is 85.3 Å². The molecule has 0 saturated carbocycles. The fraction of sp³-hybridized carbons (Fsp3) is 0.136. The van der Waals surface area contributed by atoms with Crippen molar-refractivity contribution in [3.8, 4) is 23.0 Å². The van der Waals surface area contributed by atoms with E-state index in [-0.39, 0.29) is 23.7 Å². The van der Waals surface area contributed by atoms with E-state index in [0.29, 0.717) is 11.5 Å². The van der Waals surface area contributed by atoms with Crippen LogP contribution in [-0.2, 0) is 9.53 Å². The Morgan fingerprint density at radius 3 is 2.17 bits per heavy atom. The zero-order valence-corrected chi connectivity index (χ0v) is 16.2. The van der Waals surface area contributed by atoms with Crippen LogP contribution in [0.5, 0.6) is 23.0 Å². The molecule has 0 radical (unpaired) electrons. The number of hydrogen-bond acceptors (Lipinski definition) is 6.